The number of methoxy groups -OCH3 is 1. The lowest BCUT2D eigenvalue weighted by molar-refractivity contribution is 0.0715. The minimum Gasteiger partial charge on any atom is -0.379 e. The third-order valence-corrected chi connectivity index (χ3v) is 2.79. The predicted octanol–water partition coefficient (Wildman–Crippen LogP) is 2.95. The zero-order chi connectivity index (χ0) is 12.1. The summed E-state index contributed by atoms with van der Waals surface area (Å²) in [5, 5.41) is 0. The van der Waals surface area contributed by atoms with Gasteiger partial charge in [0, 0.05) is 12.7 Å². The van der Waals surface area contributed by atoms with Crippen molar-refractivity contribution in [2.75, 3.05) is 7.11 Å². The molecule has 0 aliphatic carbocycles. The predicted molar refractivity (Wildman–Crippen MR) is 63.8 cm³/mol. The Hall–Kier alpha value is -0.930. The standard InChI is InChI=1S/C13H20FNO/c1-4-5-12(16-3)13(15)10-8-9(2)6-7-11(10)14/h6-8,12-13H,4-5,15H2,1-3H3. The van der Waals surface area contributed by atoms with Crippen LogP contribution < -0.4 is 5.73 Å². The van der Waals surface area contributed by atoms with Crippen molar-refractivity contribution in [2.24, 2.45) is 5.73 Å². The maximum Gasteiger partial charge on any atom is 0.128 e. The Morgan fingerprint density at radius 2 is 2.12 bits per heavy atom. The lowest BCUT2D eigenvalue weighted by Gasteiger charge is -2.23. The molecule has 0 aliphatic heterocycles. The van der Waals surface area contributed by atoms with Crippen LogP contribution in [0, 0.1) is 12.7 Å². The largest absolute Gasteiger partial charge is 0.379 e. The summed E-state index contributed by atoms with van der Waals surface area (Å²) >= 11 is 0. The molecule has 2 N–H and O–H groups in total. The first-order chi connectivity index (χ1) is 7.60. The number of ether oxygens (including phenoxy) is 1. The Kier molecular flexibility index (Phi) is 4.90. The van der Waals surface area contributed by atoms with Gasteiger partial charge < -0.3 is 10.5 Å². The van der Waals surface area contributed by atoms with Crippen LogP contribution in [0.2, 0.25) is 0 Å². The summed E-state index contributed by atoms with van der Waals surface area (Å²) in [6, 6.07) is 4.60. The second-order valence-corrected chi connectivity index (χ2v) is 4.11. The minimum atomic E-state index is -0.398. The molecular formula is C13H20FNO. The van der Waals surface area contributed by atoms with E-state index in [2.05, 4.69) is 6.92 Å². The maximum atomic E-state index is 13.6. The van der Waals surface area contributed by atoms with Crippen molar-refractivity contribution < 1.29 is 9.13 Å². The molecule has 0 radical (unpaired) electrons. The Labute approximate surface area is 96.6 Å². The van der Waals surface area contributed by atoms with E-state index < -0.39 is 6.04 Å². The Morgan fingerprint density at radius 1 is 1.44 bits per heavy atom. The van der Waals surface area contributed by atoms with Gasteiger partial charge in [-0.15, -0.1) is 0 Å². The van der Waals surface area contributed by atoms with Crippen LogP contribution in [0.5, 0.6) is 0 Å². The van der Waals surface area contributed by atoms with E-state index in [0.29, 0.717) is 5.56 Å². The van der Waals surface area contributed by atoms with Crippen LogP contribution in [0.25, 0.3) is 0 Å². The summed E-state index contributed by atoms with van der Waals surface area (Å²) in [5.74, 6) is -0.253. The fraction of sp³-hybridized carbons (Fsp3) is 0.538. The van der Waals surface area contributed by atoms with Gasteiger partial charge in [0.15, 0.2) is 0 Å². The molecule has 0 spiro atoms. The highest BCUT2D eigenvalue weighted by Gasteiger charge is 2.21. The normalized spacial score (nSPS) is 14.8. The molecular weight excluding hydrogens is 205 g/mol. The molecule has 1 aromatic carbocycles. The SMILES string of the molecule is CCCC(OC)C(N)c1cc(C)ccc1F. The highest BCUT2D eigenvalue weighted by molar-refractivity contribution is 5.27. The van der Waals surface area contributed by atoms with Gasteiger partial charge >= 0.3 is 0 Å². The van der Waals surface area contributed by atoms with E-state index >= 15 is 0 Å². The van der Waals surface area contributed by atoms with Crippen LogP contribution >= 0.6 is 0 Å². The lowest BCUT2D eigenvalue weighted by Crippen LogP contribution is -2.28. The molecule has 1 rings (SSSR count). The Bertz CT molecular complexity index is 341. The van der Waals surface area contributed by atoms with Crippen LogP contribution in [0.4, 0.5) is 4.39 Å². The molecule has 0 aliphatic rings. The second kappa shape index (κ2) is 5.97. The summed E-state index contributed by atoms with van der Waals surface area (Å²) < 4.78 is 18.9. The molecule has 16 heavy (non-hydrogen) atoms. The van der Waals surface area contributed by atoms with Gasteiger partial charge in [0.05, 0.1) is 12.1 Å². The topological polar surface area (TPSA) is 35.2 Å². The molecule has 2 atom stereocenters. The van der Waals surface area contributed by atoms with E-state index in [1.165, 1.54) is 6.07 Å². The summed E-state index contributed by atoms with van der Waals surface area (Å²) in [4.78, 5) is 0. The summed E-state index contributed by atoms with van der Waals surface area (Å²) in [6.07, 6.45) is 1.69. The van der Waals surface area contributed by atoms with Crippen LogP contribution in [-0.4, -0.2) is 13.2 Å². The first-order valence-corrected chi connectivity index (χ1v) is 5.64. The van der Waals surface area contributed by atoms with Gasteiger partial charge in [0.1, 0.15) is 5.82 Å². The Morgan fingerprint density at radius 3 is 2.69 bits per heavy atom. The van der Waals surface area contributed by atoms with E-state index in [9.17, 15) is 4.39 Å². The first kappa shape index (κ1) is 13.1. The molecule has 3 heteroatoms. The average Bonchev–Trinajstić information content (AvgIpc) is 2.28. The first-order valence-electron chi connectivity index (χ1n) is 5.64. The smallest absolute Gasteiger partial charge is 0.128 e. The molecule has 0 bridgehead atoms. The van der Waals surface area contributed by atoms with E-state index in [1.807, 2.05) is 6.92 Å². The van der Waals surface area contributed by atoms with Crippen LogP contribution in [-0.2, 0) is 4.74 Å². The molecule has 0 saturated carbocycles. The van der Waals surface area contributed by atoms with Crippen molar-refractivity contribution in [3.05, 3.63) is 35.1 Å². The molecule has 0 aromatic heterocycles. The number of halogens is 1. The van der Waals surface area contributed by atoms with Crippen LogP contribution in [0.1, 0.15) is 36.9 Å². The summed E-state index contributed by atoms with van der Waals surface area (Å²) in [7, 11) is 1.62. The van der Waals surface area contributed by atoms with Gasteiger partial charge in [-0.3, -0.25) is 0 Å². The minimum absolute atomic E-state index is 0.124. The number of benzene rings is 1. The zero-order valence-corrected chi connectivity index (χ0v) is 10.2. The number of rotatable bonds is 5. The molecule has 0 saturated heterocycles. The maximum absolute atomic E-state index is 13.6. The molecule has 2 unspecified atom stereocenters. The van der Waals surface area contributed by atoms with Gasteiger partial charge in [-0.05, 0) is 19.4 Å². The molecule has 0 heterocycles. The van der Waals surface area contributed by atoms with E-state index in [-0.39, 0.29) is 11.9 Å². The van der Waals surface area contributed by atoms with Crippen molar-refractivity contribution in [3.63, 3.8) is 0 Å². The number of hydrogen-bond acceptors (Lipinski definition) is 2. The van der Waals surface area contributed by atoms with Crippen LogP contribution in [0.3, 0.4) is 0 Å². The highest BCUT2D eigenvalue weighted by atomic mass is 19.1. The average molecular weight is 225 g/mol. The van der Waals surface area contributed by atoms with E-state index in [1.54, 1.807) is 19.2 Å². The number of hydrogen-bond donors (Lipinski definition) is 1. The fourth-order valence-corrected chi connectivity index (χ4v) is 1.85. The third-order valence-electron chi connectivity index (χ3n) is 2.79. The van der Waals surface area contributed by atoms with Crippen molar-refractivity contribution in [2.45, 2.75) is 38.8 Å². The van der Waals surface area contributed by atoms with Crippen molar-refractivity contribution in [1.29, 1.82) is 0 Å². The number of aryl methyl sites for hydroxylation is 1. The Balaban J connectivity index is 2.93. The molecule has 0 fully saturated rings. The van der Waals surface area contributed by atoms with E-state index in [4.69, 9.17) is 10.5 Å². The van der Waals surface area contributed by atoms with E-state index in [0.717, 1.165) is 18.4 Å². The zero-order valence-electron chi connectivity index (χ0n) is 10.2. The molecule has 1 aromatic rings. The number of nitrogens with two attached hydrogens (primary N) is 1. The van der Waals surface area contributed by atoms with Crippen molar-refractivity contribution in [1.82, 2.24) is 0 Å². The van der Waals surface area contributed by atoms with Gasteiger partial charge in [-0.1, -0.05) is 31.0 Å². The third kappa shape index (κ3) is 3.03. The van der Waals surface area contributed by atoms with Gasteiger partial charge in [0.25, 0.3) is 0 Å². The molecule has 90 valence electrons. The fourth-order valence-electron chi connectivity index (χ4n) is 1.85. The van der Waals surface area contributed by atoms with Crippen molar-refractivity contribution >= 4 is 0 Å². The lowest BCUT2D eigenvalue weighted by atomic mass is 9.97. The van der Waals surface area contributed by atoms with Gasteiger partial charge in [-0.2, -0.15) is 0 Å². The quantitative estimate of drug-likeness (QED) is 0.836. The second-order valence-electron chi connectivity index (χ2n) is 4.11. The summed E-state index contributed by atoms with van der Waals surface area (Å²) in [5.41, 5.74) is 7.59. The monoisotopic (exact) mass is 225 g/mol. The van der Waals surface area contributed by atoms with Crippen LogP contribution in [0.15, 0.2) is 18.2 Å². The highest BCUT2D eigenvalue weighted by Crippen LogP contribution is 2.23. The molecule has 0 amide bonds. The van der Waals surface area contributed by atoms with Gasteiger partial charge in [-0.25, -0.2) is 4.39 Å². The van der Waals surface area contributed by atoms with Gasteiger partial charge in [0.2, 0.25) is 0 Å². The summed E-state index contributed by atoms with van der Waals surface area (Å²) in [6.45, 7) is 3.99. The molecule has 2 nitrogen and oxygen atoms in total. The van der Waals surface area contributed by atoms with Crippen molar-refractivity contribution in [3.8, 4) is 0 Å².